The van der Waals surface area contributed by atoms with Crippen molar-refractivity contribution < 1.29 is 26.1 Å². The van der Waals surface area contributed by atoms with Gasteiger partial charge in [0.05, 0.1) is 16.2 Å². The molecule has 2 aromatic carbocycles. The fourth-order valence-electron chi connectivity index (χ4n) is 2.38. The minimum atomic E-state index is -4.46. The molecule has 1 N–H and O–H groups in total. The van der Waals surface area contributed by atoms with Crippen LogP contribution in [-0.4, -0.2) is 13.6 Å². The van der Waals surface area contributed by atoms with Crippen molar-refractivity contribution in [2.45, 2.75) is 18.0 Å². The van der Waals surface area contributed by atoms with Crippen LogP contribution in [0.5, 0.6) is 0 Å². The number of halogens is 3. The van der Waals surface area contributed by atoms with Crippen molar-refractivity contribution >= 4 is 15.9 Å². The van der Waals surface area contributed by atoms with E-state index in [0.29, 0.717) is 11.3 Å². The molecule has 1 aromatic heterocycles. The first-order valence-corrected chi connectivity index (χ1v) is 8.88. The van der Waals surface area contributed by atoms with Crippen LogP contribution < -0.4 is 4.72 Å². The Labute approximate surface area is 147 Å². The lowest BCUT2D eigenvalue weighted by Crippen LogP contribution is -2.13. The number of aromatic nitrogens is 1. The van der Waals surface area contributed by atoms with E-state index in [9.17, 15) is 21.6 Å². The highest BCUT2D eigenvalue weighted by molar-refractivity contribution is 7.92. The third-order valence-corrected chi connectivity index (χ3v) is 4.97. The summed E-state index contributed by atoms with van der Waals surface area (Å²) in [6.45, 7) is 1.64. The van der Waals surface area contributed by atoms with Gasteiger partial charge < -0.3 is 4.52 Å². The zero-order valence-electron chi connectivity index (χ0n) is 13.4. The van der Waals surface area contributed by atoms with Gasteiger partial charge in [0.1, 0.15) is 0 Å². The number of rotatable bonds is 4. The Kier molecular flexibility index (Phi) is 4.49. The van der Waals surface area contributed by atoms with Crippen molar-refractivity contribution in [2.75, 3.05) is 4.72 Å². The molecule has 0 amide bonds. The van der Waals surface area contributed by atoms with E-state index in [-0.39, 0.29) is 16.3 Å². The molecule has 0 aliphatic heterocycles. The van der Waals surface area contributed by atoms with Crippen molar-refractivity contribution in [2.24, 2.45) is 0 Å². The predicted molar refractivity (Wildman–Crippen MR) is 88.9 cm³/mol. The number of sulfonamides is 1. The lowest BCUT2D eigenvalue weighted by molar-refractivity contribution is -0.137. The number of hydrogen-bond acceptors (Lipinski definition) is 4. The number of alkyl halides is 3. The summed E-state index contributed by atoms with van der Waals surface area (Å²) in [5.41, 5.74) is 0.299. The van der Waals surface area contributed by atoms with E-state index in [0.717, 1.165) is 12.1 Å². The summed E-state index contributed by atoms with van der Waals surface area (Å²) in [5, 5.41) is 3.60. The highest BCUT2D eigenvalue weighted by Crippen LogP contribution is 2.33. The first-order valence-electron chi connectivity index (χ1n) is 7.39. The Balaban J connectivity index is 2.00. The van der Waals surface area contributed by atoms with Crippen LogP contribution in [0.15, 0.2) is 64.0 Å². The van der Waals surface area contributed by atoms with Crippen molar-refractivity contribution in [1.82, 2.24) is 5.16 Å². The fraction of sp³-hybridized carbons (Fsp3) is 0.118. The van der Waals surface area contributed by atoms with E-state index >= 15 is 0 Å². The molecule has 3 aromatic rings. The second kappa shape index (κ2) is 6.49. The molecule has 0 atom stereocenters. The molecule has 1 heterocycles. The second-order valence-corrected chi connectivity index (χ2v) is 7.16. The van der Waals surface area contributed by atoms with Gasteiger partial charge in [0.15, 0.2) is 0 Å². The quantitative estimate of drug-likeness (QED) is 0.723. The molecule has 0 aliphatic rings. The maximum atomic E-state index is 12.7. The number of aryl methyl sites for hydroxylation is 1. The van der Waals surface area contributed by atoms with Gasteiger partial charge in [0.2, 0.25) is 5.88 Å². The van der Waals surface area contributed by atoms with Crippen LogP contribution in [0.4, 0.5) is 19.1 Å². The van der Waals surface area contributed by atoms with Gasteiger partial charge in [-0.05, 0) is 30.7 Å². The average molecular weight is 382 g/mol. The summed E-state index contributed by atoms with van der Waals surface area (Å²) in [6, 6.07) is 11.7. The van der Waals surface area contributed by atoms with Crippen LogP contribution in [-0.2, 0) is 16.2 Å². The van der Waals surface area contributed by atoms with E-state index in [4.69, 9.17) is 4.52 Å². The summed E-state index contributed by atoms with van der Waals surface area (Å²) < 4.78 is 70.6. The highest BCUT2D eigenvalue weighted by Gasteiger charge is 2.30. The van der Waals surface area contributed by atoms with Gasteiger partial charge >= 0.3 is 6.18 Å². The maximum Gasteiger partial charge on any atom is 0.416 e. The molecule has 0 unspecified atom stereocenters. The Morgan fingerprint density at radius 2 is 1.69 bits per heavy atom. The molecule has 136 valence electrons. The van der Waals surface area contributed by atoms with Gasteiger partial charge in [-0.1, -0.05) is 35.5 Å². The zero-order chi connectivity index (χ0) is 18.9. The van der Waals surface area contributed by atoms with Crippen LogP contribution in [0, 0.1) is 6.92 Å². The number of hydrogen-bond donors (Lipinski definition) is 1. The molecule has 3 rings (SSSR count). The molecule has 5 nitrogen and oxygen atoms in total. The molecule has 0 bridgehead atoms. The van der Waals surface area contributed by atoms with Gasteiger partial charge in [0, 0.05) is 11.6 Å². The molecular formula is C17H13F3N2O3S. The first kappa shape index (κ1) is 18.0. The van der Waals surface area contributed by atoms with Gasteiger partial charge in [-0.2, -0.15) is 13.2 Å². The molecule has 26 heavy (non-hydrogen) atoms. The lowest BCUT2D eigenvalue weighted by atomic mass is 10.0. The molecule has 9 heteroatoms. The standard InChI is InChI=1S/C17H13F3N2O3S/c1-11-10-16(25-21-11)22-26(23,24)15-5-3-2-4-14(15)12-6-8-13(9-7-12)17(18,19)20/h2-10,22H,1H3. The second-order valence-electron chi connectivity index (χ2n) is 5.51. The molecule has 0 fully saturated rings. The van der Waals surface area contributed by atoms with E-state index in [1.807, 2.05) is 0 Å². The molecule has 0 saturated heterocycles. The predicted octanol–water partition coefficient (Wildman–Crippen LogP) is 4.47. The van der Waals surface area contributed by atoms with Crippen molar-refractivity contribution in [3.05, 3.63) is 65.9 Å². The van der Waals surface area contributed by atoms with Crippen LogP contribution in [0.2, 0.25) is 0 Å². The minimum absolute atomic E-state index is 0.0512. The number of nitrogens with zero attached hydrogens (tertiary/aromatic N) is 1. The normalized spacial score (nSPS) is 12.2. The average Bonchev–Trinajstić information content (AvgIpc) is 2.98. The Hall–Kier alpha value is -2.81. The van der Waals surface area contributed by atoms with Gasteiger partial charge in [-0.3, -0.25) is 0 Å². The topological polar surface area (TPSA) is 72.2 Å². The fourth-order valence-corrected chi connectivity index (χ4v) is 3.58. The van der Waals surface area contributed by atoms with Gasteiger partial charge in [0.25, 0.3) is 10.0 Å². The first-order chi connectivity index (χ1) is 12.2. The van der Waals surface area contributed by atoms with E-state index in [1.54, 1.807) is 13.0 Å². The number of nitrogens with one attached hydrogen (secondary N) is 1. The molecule has 0 radical (unpaired) electrons. The van der Waals surface area contributed by atoms with Crippen LogP contribution in [0.25, 0.3) is 11.1 Å². The van der Waals surface area contributed by atoms with Crippen molar-refractivity contribution in [3.63, 3.8) is 0 Å². The molecule has 0 spiro atoms. The maximum absolute atomic E-state index is 12.7. The SMILES string of the molecule is Cc1cc(NS(=O)(=O)c2ccccc2-c2ccc(C(F)(F)F)cc2)on1. The Morgan fingerprint density at radius 1 is 1.04 bits per heavy atom. The zero-order valence-corrected chi connectivity index (χ0v) is 14.2. The Morgan fingerprint density at radius 3 is 2.27 bits per heavy atom. The van der Waals surface area contributed by atoms with E-state index < -0.39 is 21.8 Å². The van der Waals surface area contributed by atoms with Gasteiger partial charge in [-0.15, -0.1) is 0 Å². The lowest BCUT2D eigenvalue weighted by Gasteiger charge is -2.12. The van der Waals surface area contributed by atoms with Gasteiger partial charge in [-0.25, -0.2) is 13.1 Å². The van der Waals surface area contributed by atoms with E-state index in [1.165, 1.54) is 36.4 Å². The highest BCUT2D eigenvalue weighted by atomic mass is 32.2. The summed E-state index contributed by atoms with van der Waals surface area (Å²) >= 11 is 0. The van der Waals surface area contributed by atoms with Crippen LogP contribution in [0.3, 0.4) is 0 Å². The van der Waals surface area contributed by atoms with Crippen molar-refractivity contribution in [3.8, 4) is 11.1 Å². The molecule has 0 saturated carbocycles. The summed E-state index contributed by atoms with van der Waals surface area (Å²) in [7, 11) is -4.02. The smallest absolute Gasteiger partial charge is 0.338 e. The number of benzene rings is 2. The monoisotopic (exact) mass is 382 g/mol. The third kappa shape index (κ3) is 3.72. The summed E-state index contributed by atoms with van der Waals surface area (Å²) in [5.74, 6) is -0.0512. The third-order valence-electron chi connectivity index (χ3n) is 3.56. The number of anilines is 1. The minimum Gasteiger partial charge on any atom is -0.338 e. The van der Waals surface area contributed by atoms with Crippen LogP contribution in [0.1, 0.15) is 11.3 Å². The Bertz CT molecular complexity index is 1030. The largest absolute Gasteiger partial charge is 0.416 e. The molecule has 0 aliphatic carbocycles. The van der Waals surface area contributed by atoms with E-state index in [2.05, 4.69) is 9.88 Å². The summed E-state index contributed by atoms with van der Waals surface area (Å²) in [6.07, 6.45) is -4.46. The van der Waals surface area contributed by atoms with Crippen LogP contribution >= 0.6 is 0 Å². The molecular weight excluding hydrogens is 369 g/mol. The summed E-state index contributed by atoms with van der Waals surface area (Å²) in [4.78, 5) is -0.0891. The van der Waals surface area contributed by atoms with Crippen molar-refractivity contribution in [1.29, 1.82) is 0 Å².